The van der Waals surface area contributed by atoms with E-state index >= 15 is 0 Å². The van der Waals surface area contributed by atoms with Crippen molar-refractivity contribution in [2.75, 3.05) is 10.8 Å². The monoisotopic (exact) mass is 629 g/mol. The Morgan fingerprint density at radius 2 is 1.57 bits per heavy atom. The summed E-state index contributed by atoms with van der Waals surface area (Å²) >= 11 is 3.40. The van der Waals surface area contributed by atoms with Crippen molar-refractivity contribution in [1.29, 1.82) is 0 Å². The number of benzene rings is 3. The summed E-state index contributed by atoms with van der Waals surface area (Å²) in [6.45, 7) is 1.02. The molecule has 0 heterocycles. The fourth-order valence-corrected chi connectivity index (χ4v) is 6.53. The van der Waals surface area contributed by atoms with Crippen molar-refractivity contribution < 1.29 is 22.4 Å². The Kier molecular flexibility index (Phi) is 9.97. The van der Waals surface area contributed by atoms with Gasteiger partial charge >= 0.3 is 0 Å². The van der Waals surface area contributed by atoms with E-state index in [4.69, 9.17) is 0 Å². The maximum absolute atomic E-state index is 15.0. The van der Waals surface area contributed by atoms with Gasteiger partial charge in [-0.1, -0.05) is 77.7 Å². The first-order valence-corrected chi connectivity index (χ1v) is 15.6. The average molecular weight is 631 g/mol. The Hall–Kier alpha value is -3.24. The molecule has 1 aliphatic rings. The number of amides is 2. The summed E-state index contributed by atoms with van der Waals surface area (Å²) in [6.07, 6.45) is 4.98. The summed E-state index contributed by atoms with van der Waals surface area (Å²) < 4.78 is 44.0. The molecule has 3 aromatic carbocycles. The molecule has 1 fully saturated rings. The van der Waals surface area contributed by atoms with E-state index in [1.807, 2.05) is 24.3 Å². The minimum atomic E-state index is -4.31. The quantitative estimate of drug-likeness (QED) is 0.314. The average Bonchev–Trinajstić information content (AvgIpc) is 2.96. The molecule has 212 valence electrons. The summed E-state index contributed by atoms with van der Waals surface area (Å²) in [5.41, 5.74) is 0.514. The van der Waals surface area contributed by atoms with Crippen LogP contribution in [0, 0.1) is 5.82 Å². The largest absolute Gasteiger partial charge is 0.352 e. The van der Waals surface area contributed by atoms with Crippen molar-refractivity contribution in [2.24, 2.45) is 0 Å². The summed E-state index contributed by atoms with van der Waals surface area (Å²) in [5.74, 6) is -1.71. The minimum absolute atomic E-state index is 0.0432. The molecule has 0 radical (unpaired) electrons. The second-order valence-electron chi connectivity index (χ2n) is 9.94. The van der Waals surface area contributed by atoms with Gasteiger partial charge in [0.25, 0.3) is 10.0 Å². The molecule has 0 unspecified atom stereocenters. The summed E-state index contributed by atoms with van der Waals surface area (Å²) in [4.78, 5) is 28.5. The molecule has 0 spiro atoms. The summed E-state index contributed by atoms with van der Waals surface area (Å²) in [7, 11) is -4.31. The Labute approximate surface area is 243 Å². The van der Waals surface area contributed by atoms with Crippen LogP contribution in [-0.4, -0.2) is 43.8 Å². The number of carbonyl (C=O) groups excluding carboxylic acids is 2. The molecule has 0 bridgehead atoms. The molecule has 7 nitrogen and oxygen atoms in total. The lowest BCUT2D eigenvalue weighted by atomic mass is 9.95. The zero-order valence-electron chi connectivity index (χ0n) is 22.3. The van der Waals surface area contributed by atoms with E-state index in [1.165, 1.54) is 35.2 Å². The van der Waals surface area contributed by atoms with Crippen molar-refractivity contribution in [3.05, 3.63) is 94.7 Å². The second-order valence-corrected chi connectivity index (χ2v) is 12.7. The highest BCUT2D eigenvalue weighted by Gasteiger charge is 2.34. The third-order valence-corrected chi connectivity index (χ3v) is 9.42. The molecular formula is C30H33BrFN3O4S. The van der Waals surface area contributed by atoms with E-state index in [0.29, 0.717) is 0 Å². The molecule has 1 atom stereocenters. The number of hydrogen-bond acceptors (Lipinski definition) is 4. The first-order valence-electron chi connectivity index (χ1n) is 13.3. The Morgan fingerprint density at radius 3 is 2.23 bits per heavy atom. The van der Waals surface area contributed by atoms with Crippen molar-refractivity contribution in [3.63, 3.8) is 0 Å². The van der Waals surface area contributed by atoms with Gasteiger partial charge in [-0.15, -0.1) is 0 Å². The third-order valence-electron chi connectivity index (χ3n) is 7.12. The first-order chi connectivity index (χ1) is 19.2. The fourth-order valence-electron chi connectivity index (χ4n) is 4.82. The number of nitrogens with one attached hydrogen (secondary N) is 1. The number of nitrogens with zero attached hydrogens (tertiary/aromatic N) is 2. The standard InChI is InChI=1S/C30H33BrFN3O4S/c1-22(30(37)33-25-10-4-2-5-11-25)34(20-23-16-18-24(31)19-17-23)29(36)21-35(28-15-9-8-14-27(28)32)40(38,39)26-12-6-3-7-13-26/h3,6-9,12-19,22,25H,2,4-5,10-11,20-21H2,1H3,(H,33,37)/t22-/m1/s1. The van der Waals surface area contributed by atoms with Gasteiger partial charge in [-0.3, -0.25) is 13.9 Å². The Bertz CT molecular complexity index is 1410. The van der Waals surface area contributed by atoms with Crippen LogP contribution in [-0.2, 0) is 26.2 Å². The topological polar surface area (TPSA) is 86.8 Å². The third kappa shape index (κ3) is 7.28. The van der Waals surface area contributed by atoms with Crippen LogP contribution in [0.5, 0.6) is 0 Å². The SMILES string of the molecule is C[C@H](C(=O)NC1CCCCC1)N(Cc1ccc(Br)cc1)C(=O)CN(c1ccccc1F)S(=O)(=O)c1ccccc1. The van der Waals surface area contributed by atoms with Crippen LogP contribution >= 0.6 is 15.9 Å². The predicted octanol–water partition coefficient (Wildman–Crippen LogP) is 5.65. The Balaban J connectivity index is 1.67. The molecule has 0 saturated heterocycles. The van der Waals surface area contributed by atoms with Crippen LogP contribution in [0.1, 0.15) is 44.6 Å². The van der Waals surface area contributed by atoms with Gasteiger partial charge in [0.1, 0.15) is 18.4 Å². The molecule has 1 aliphatic carbocycles. The van der Waals surface area contributed by atoms with Crippen molar-refractivity contribution in [1.82, 2.24) is 10.2 Å². The molecule has 0 aromatic heterocycles. The lowest BCUT2D eigenvalue weighted by molar-refractivity contribution is -0.139. The van der Waals surface area contributed by atoms with E-state index in [0.717, 1.165) is 52.5 Å². The number of carbonyl (C=O) groups is 2. The smallest absolute Gasteiger partial charge is 0.264 e. The molecule has 2 amide bonds. The predicted molar refractivity (Wildman–Crippen MR) is 157 cm³/mol. The van der Waals surface area contributed by atoms with Gasteiger partial charge in [0.15, 0.2) is 0 Å². The molecule has 1 N–H and O–H groups in total. The van der Waals surface area contributed by atoms with Crippen molar-refractivity contribution >= 4 is 43.5 Å². The molecule has 40 heavy (non-hydrogen) atoms. The van der Waals surface area contributed by atoms with Crippen molar-refractivity contribution in [2.45, 2.75) is 62.6 Å². The van der Waals surface area contributed by atoms with E-state index in [9.17, 15) is 22.4 Å². The fraction of sp³-hybridized carbons (Fsp3) is 0.333. The van der Waals surface area contributed by atoms with Crippen LogP contribution in [0.15, 0.2) is 88.2 Å². The Morgan fingerprint density at radius 1 is 0.950 bits per heavy atom. The number of para-hydroxylation sites is 1. The molecule has 1 saturated carbocycles. The van der Waals surface area contributed by atoms with Gasteiger partial charge in [-0.2, -0.15) is 0 Å². The van der Waals surface area contributed by atoms with Gasteiger partial charge in [0.2, 0.25) is 11.8 Å². The molecule has 10 heteroatoms. The van der Waals surface area contributed by atoms with Crippen LogP contribution in [0.2, 0.25) is 0 Å². The number of sulfonamides is 1. The zero-order valence-corrected chi connectivity index (χ0v) is 24.7. The van der Waals surface area contributed by atoms with Crippen LogP contribution in [0.4, 0.5) is 10.1 Å². The number of anilines is 1. The molecular weight excluding hydrogens is 597 g/mol. The van der Waals surface area contributed by atoms with Crippen LogP contribution in [0.25, 0.3) is 0 Å². The van der Waals surface area contributed by atoms with E-state index in [-0.39, 0.29) is 29.1 Å². The lowest BCUT2D eigenvalue weighted by Gasteiger charge is -2.33. The van der Waals surface area contributed by atoms with Gasteiger partial charge in [0.05, 0.1) is 10.6 Å². The zero-order chi connectivity index (χ0) is 28.7. The lowest BCUT2D eigenvalue weighted by Crippen LogP contribution is -2.53. The normalized spacial score (nSPS) is 14.8. The summed E-state index contributed by atoms with van der Waals surface area (Å²) in [5, 5.41) is 3.07. The number of halogens is 2. The molecule has 0 aliphatic heterocycles. The highest BCUT2D eigenvalue weighted by atomic mass is 79.9. The van der Waals surface area contributed by atoms with Crippen LogP contribution in [0.3, 0.4) is 0 Å². The number of rotatable bonds is 10. The van der Waals surface area contributed by atoms with E-state index in [2.05, 4.69) is 21.2 Å². The molecule has 4 rings (SSSR count). The minimum Gasteiger partial charge on any atom is -0.352 e. The van der Waals surface area contributed by atoms with Gasteiger partial charge in [0, 0.05) is 17.1 Å². The van der Waals surface area contributed by atoms with Crippen molar-refractivity contribution in [3.8, 4) is 0 Å². The van der Waals surface area contributed by atoms with Gasteiger partial charge in [-0.05, 0) is 61.7 Å². The summed E-state index contributed by atoms with van der Waals surface area (Å²) in [6, 6.07) is 19.5. The van der Waals surface area contributed by atoms with Gasteiger partial charge < -0.3 is 10.2 Å². The second kappa shape index (κ2) is 13.4. The molecule has 3 aromatic rings. The van der Waals surface area contributed by atoms with E-state index < -0.39 is 34.3 Å². The maximum atomic E-state index is 15.0. The number of hydrogen-bond donors (Lipinski definition) is 1. The highest BCUT2D eigenvalue weighted by Crippen LogP contribution is 2.27. The van der Waals surface area contributed by atoms with Gasteiger partial charge in [-0.25, -0.2) is 12.8 Å². The highest BCUT2D eigenvalue weighted by molar-refractivity contribution is 9.10. The van der Waals surface area contributed by atoms with E-state index in [1.54, 1.807) is 25.1 Å². The van der Waals surface area contributed by atoms with Crippen LogP contribution < -0.4 is 9.62 Å². The first kappa shape index (κ1) is 29.7. The maximum Gasteiger partial charge on any atom is 0.264 e.